The molecule has 0 bridgehead atoms. The minimum atomic E-state index is -0.548. The van der Waals surface area contributed by atoms with Crippen molar-refractivity contribution in [3.05, 3.63) is 23.8 Å². The molecule has 140 valence electrons. The largest absolute Gasteiger partial charge is 0.374 e. The molecule has 0 aromatic heterocycles. The van der Waals surface area contributed by atoms with Gasteiger partial charge in [0.2, 0.25) is 11.8 Å². The Morgan fingerprint density at radius 1 is 1.19 bits per heavy atom. The van der Waals surface area contributed by atoms with Crippen LogP contribution in [0.15, 0.2) is 18.2 Å². The summed E-state index contributed by atoms with van der Waals surface area (Å²) in [6.07, 6.45) is 4.99. The average Bonchev–Trinajstić information content (AvgIpc) is 3.23. The summed E-state index contributed by atoms with van der Waals surface area (Å²) in [5.74, 6) is -0.336. The molecule has 7 nitrogen and oxygen atoms in total. The third-order valence-electron chi connectivity index (χ3n) is 5.06. The van der Waals surface area contributed by atoms with E-state index >= 15 is 0 Å². The minimum absolute atomic E-state index is 0.0329. The second-order valence-corrected chi connectivity index (χ2v) is 7.07. The first-order valence-electron chi connectivity index (χ1n) is 9.23. The highest BCUT2D eigenvalue weighted by Gasteiger charge is 2.23. The molecule has 1 fully saturated rings. The maximum atomic E-state index is 12.2. The van der Waals surface area contributed by atoms with Crippen LogP contribution >= 0.6 is 0 Å². The summed E-state index contributed by atoms with van der Waals surface area (Å²) in [5, 5.41) is 8.36. The van der Waals surface area contributed by atoms with Gasteiger partial charge in [0.05, 0.1) is 0 Å². The smallest absolute Gasteiger partial charge is 0.321 e. The van der Waals surface area contributed by atoms with E-state index in [4.69, 9.17) is 0 Å². The lowest BCUT2D eigenvalue weighted by Crippen LogP contribution is -2.48. The summed E-state index contributed by atoms with van der Waals surface area (Å²) in [7, 11) is 0. The molecule has 1 aliphatic heterocycles. The van der Waals surface area contributed by atoms with Gasteiger partial charge in [0.25, 0.3) is 0 Å². The first-order valence-corrected chi connectivity index (χ1v) is 9.23. The minimum Gasteiger partial charge on any atom is -0.374 e. The van der Waals surface area contributed by atoms with E-state index in [0.29, 0.717) is 6.54 Å². The van der Waals surface area contributed by atoms with Crippen molar-refractivity contribution in [1.82, 2.24) is 10.6 Å². The first kappa shape index (κ1) is 18.2. The Bertz CT molecular complexity index is 713. The van der Waals surface area contributed by atoms with Crippen LogP contribution in [0.4, 0.5) is 16.2 Å². The van der Waals surface area contributed by atoms with E-state index in [-0.39, 0.29) is 17.9 Å². The highest BCUT2D eigenvalue weighted by Crippen LogP contribution is 2.30. The van der Waals surface area contributed by atoms with E-state index < -0.39 is 12.1 Å². The van der Waals surface area contributed by atoms with Crippen molar-refractivity contribution in [2.75, 3.05) is 16.8 Å². The molecule has 1 atom stereocenters. The number of nitrogens with zero attached hydrogens (tertiary/aromatic N) is 1. The number of imide groups is 1. The fourth-order valence-electron chi connectivity index (χ4n) is 3.65. The Hall–Kier alpha value is -2.57. The fourth-order valence-corrected chi connectivity index (χ4v) is 3.65. The lowest BCUT2D eigenvalue weighted by atomic mass is 10.1. The molecule has 2 aliphatic rings. The van der Waals surface area contributed by atoms with Gasteiger partial charge >= 0.3 is 6.03 Å². The van der Waals surface area contributed by atoms with Crippen LogP contribution in [0.25, 0.3) is 0 Å². The lowest BCUT2D eigenvalue weighted by Gasteiger charge is -2.18. The van der Waals surface area contributed by atoms with Gasteiger partial charge in [0, 0.05) is 30.9 Å². The zero-order valence-corrected chi connectivity index (χ0v) is 15.3. The fraction of sp³-hybridized carbons (Fsp3) is 0.526. The number of rotatable bonds is 4. The van der Waals surface area contributed by atoms with E-state index in [1.54, 1.807) is 18.7 Å². The normalized spacial score (nSPS) is 17.5. The number of carbonyl (C=O) groups is 3. The Morgan fingerprint density at radius 2 is 1.92 bits per heavy atom. The van der Waals surface area contributed by atoms with Gasteiger partial charge < -0.3 is 15.5 Å². The van der Waals surface area contributed by atoms with E-state index in [1.807, 2.05) is 18.2 Å². The van der Waals surface area contributed by atoms with Crippen LogP contribution in [0.3, 0.4) is 0 Å². The van der Waals surface area contributed by atoms with Crippen LogP contribution in [0.1, 0.15) is 45.1 Å². The maximum absolute atomic E-state index is 12.2. The molecule has 1 aromatic rings. The highest BCUT2D eigenvalue weighted by atomic mass is 16.2. The molecule has 0 saturated heterocycles. The van der Waals surface area contributed by atoms with Crippen molar-refractivity contribution in [3.8, 4) is 0 Å². The number of anilines is 2. The van der Waals surface area contributed by atoms with Gasteiger partial charge in [-0.25, -0.2) is 4.79 Å². The van der Waals surface area contributed by atoms with Gasteiger partial charge in [-0.1, -0.05) is 12.8 Å². The van der Waals surface area contributed by atoms with E-state index in [2.05, 4.69) is 16.0 Å². The molecule has 0 spiro atoms. The number of fused-ring (bicyclic) bond motifs is 1. The topological polar surface area (TPSA) is 90.5 Å². The summed E-state index contributed by atoms with van der Waals surface area (Å²) >= 11 is 0. The molecule has 7 heteroatoms. The molecule has 3 rings (SSSR count). The molecule has 1 aliphatic carbocycles. The van der Waals surface area contributed by atoms with Crippen molar-refractivity contribution in [2.45, 2.75) is 58.0 Å². The van der Waals surface area contributed by atoms with Crippen molar-refractivity contribution in [1.29, 1.82) is 0 Å². The van der Waals surface area contributed by atoms with E-state index in [9.17, 15) is 14.4 Å². The molecule has 1 saturated carbocycles. The van der Waals surface area contributed by atoms with E-state index in [0.717, 1.165) is 49.0 Å². The molecule has 26 heavy (non-hydrogen) atoms. The zero-order valence-electron chi connectivity index (χ0n) is 15.3. The Kier molecular flexibility index (Phi) is 5.44. The maximum Gasteiger partial charge on any atom is 0.321 e. The van der Waals surface area contributed by atoms with Crippen LogP contribution in [0, 0.1) is 0 Å². The SMILES string of the molecule is CC(=O)N1CCc2cc(NC(C)C(=O)NC(=O)NC3CCCC3)ccc21. The zero-order chi connectivity index (χ0) is 18.7. The van der Waals surface area contributed by atoms with Gasteiger partial charge in [0.15, 0.2) is 0 Å². The van der Waals surface area contributed by atoms with Crippen molar-refractivity contribution >= 4 is 29.2 Å². The summed E-state index contributed by atoms with van der Waals surface area (Å²) in [4.78, 5) is 37.5. The molecule has 4 amide bonds. The number of hydrogen-bond acceptors (Lipinski definition) is 4. The van der Waals surface area contributed by atoms with E-state index in [1.165, 1.54) is 0 Å². The number of benzene rings is 1. The lowest BCUT2D eigenvalue weighted by molar-refractivity contribution is -0.120. The van der Waals surface area contributed by atoms with Crippen molar-refractivity contribution in [2.24, 2.45) is 0 Å². The second-order valence-electron chi connectivity index (χ2n) is 7.07. The van der Waals surface area contributed by atoms with Crippen LogP contribution < -0.4 is 20.9 Å². The predicted molar refractivity (Wildman–Crippen MR) is 100 cm³/mol. The molecule has 0 radical (unpaired) electrons. The third-order valence-corrected chi connectivity index (χ3v) is 5.06. The Morgan fingerprint density at radius 3 is 2.62 bits per heavy atom. The standard InChI is InChI=1S/C19H26N4O3/c1-12(18(25)22-19(26)21-15-5-3-4-6-15)20-16-7-8-17-14(11-16)9-10-23(17)13(2)24/h7-8,11-12,15,20H,3-6,9-10H2,1-2H3,(H2,21,22,25,26). The first-order chi connectivity index (χ1) is 12.4. The number of urea groups is 1. The summed E-state index contributed by atoms with van der Waals surface area (Å²) < 4.78 is 0. The number of amides is 4. The molecule has 1 aromatic carbocycles. The summed E-state index contributed by atoms with van der Waals surface area (Å²) in [5.41, 5.74) is 2.81. The monoisotopic (exact) mass is 358 g/mol. The van der Waals surface area contributed by atoms with Crippen molar-refractivity contribution in [3.63, 3.8) is 0 Å². The number of hydrogen-bond donors (Lipinski definition) is 3. The van der Waals surface area contributed by atoms with Gasteiger partial charge in [0.1, 0.15) is 6.04 Å². The molecule has 1 heterocycles. The van der Waals surface area contributed by atoms with Crippen LogP contribution in [0.5, 0.6) is 0 Å². The second kappa shape index (κ2) is 7.76. The van der Waals surface area contributed by atoms with Crippen LogP contribution in [-0.4, -0.2) is 36.5 Å². The van der Waals surface area contributed by atoms with Gasteiger partial charge in [-0.05, 0) is 49.9 Å². The highest BCUT2D eigenvalue weighted by molar-refractivity contribution is 5.98. The van der Waals surface area contributed by atoms with Crippen molar-refractivity contribution < 1.29 is 14.4 Å². The Labute approximate surface area is 153 Å². The predicted octanol–water partition coefficient (Wildman–Crippen LogP) is 2.16. The molecule has 1 unspecified atom stereocenters. The van der Waals surface area contributed by atoms with Gasteiger partial charge in [-0.15, -0.1) is 0 Å². The Balaban J connectivity index is 1.54. The average molecular weight is 358 g/mol. The van der Waals surface area contributed by atoms with Gasteiger partial charge in [-0.2, -0.15) is 0 Å². The molecule has 3 N–H and O–H groups in total. The number of carbonyl (C=O) groups excluding carboxylic acids is 3. The number of nitrogens with one attached hydrogen (secondary N) is 3. The van der Waals surface area contributed by atoms with Crippen LogP contribution in [0.2, 0.25) is 0 Å². The summed E-state index contributed by atoms with van der Waals surface area (Å²) in [6.45, 7) is 3.96. The van der Waals surface area contributed by atoms with Gasteiger partial charge in [-0.3, -0.25) is 14.9 Å². The molecular formula is C19H26N4O3. The molecular weight excluding hydrogens is 332 g/mol. The quantitative estimate of drug-likeness (QED) is 0.769. The summed E-state index contributed by atoms with van der Waals surface area (Å²) in [6, 6.07) is 4.90. The van der Waals surface area contributed by atoms with Crippen LogP contribution in [-0.2, 0) is 16.0 Å². The third kappa shape index (κ3) is 4.15.